The van der Waals surface area contributed by atoms with Crippen molar-refractivity contribution in [3.8, 4) is 17.5 Å². The average molecular weight is 248 g/mol. The fourth-order valence-electron chi connectivity index (χ4n) is 2.18. The van der Waals surface area contributed by atoms with Gasteiger partial charge in [0.25, 0.3) is 0 Å². The van der Waals surface area contributed by atoms with Crippen LogP contribution in [0.3, 0.4) is 0 Å². The molecule has 0 fully saturated rings. The number of nitriles is 1. The minimum Gasteiger partial charge on any atom is -0.497 e. The van der Waals surface area contributed by atoms with Crippen LogP contribution in [0.25, 0.3) is 16.6 Å². The number of methoxy groups -OCH3 is 1. The van der Waals surface area contributed by atoms with E-state index < -0.39 is 0 Å². The molecule has 0 saturated carbocycles. The number of hydrogen-bond donors (Lipinski definition) is 0. The second kappa shape index (κ2) is 4.51. The van der Waals surface area contributed by atoms with Crippen LogP contribution >= 0.6 is 0 Å². The summed E-state index contributed by atoms with van der Waals surface area (Å²) in [7, 11) is 1.66. The van der Waals surface area contributed by atoms with Crippen LogP contribution in [0.2, 0.25) is 0 Å². The Labute approximate surface area is 111 Å². The minimum atomic E-state index is 0.681. The number of hydrogen-bond acceptors (Lipinski definition) is 2. The van der Waals surface area contributed by atoms with Crippen molar-refractivity contribution >= 4 is 10.9 Å². The topological polar surface area (TPSA) is 38.0 Å². The molecule has 3 aromatic rings. The molecule has 0 radical (unpaired) electrons. The zero-order chi connectivity index (χ0) is 13.2. The Kier molecular flexibility index (Phi) is 2.70. The molecule has 3 heteroatoms. The molecular weight excluding hydrogens is 236 g/mol. The van der Waals surface area contributed by atoms with Crippen LogP contribution in [0, 0.1) is 11.3 Å². The first kappa shape index (κ1) is 11.4. The Bertz CT molecular complexity index is 764. The number of rotatable bonds is 2. The molecule has 0 aliphatic rings. The van der Waals surface area contributed by atoms with Gasteiger partial charge in [0.1, 0.15) is 5.75 Å². The highest BCUT2D eigenvalue weighted by Gasteiger charge is 2.04. The van der Waals surface area contributed by atoms with Crippen molar-refractivity contribution in [1.29, 1.82) is 5.26 Å². The van der Waals surface area contributed by atoms with E-state index in [-0.39, 0.29) is 0 Å². The van der Waals surface area contributed by atoms with Gasteiger partial charge in [-0.05, 0) is 48.5 Å². The first-order chi connectivity index (χ1) is 9.31. The lowest BCUT2D eigenvalue weighted by Crippen LogP contribution is -1.92. The maximum atomic E-state index is 8.91. The van der Waals surface area contributed by atoms with Crippen LogP contribution in [0.1, 0.15) is 5.56 Å². The lowest BCUT2D eigenvalue weighted by molar-refractivity contribution is 0.415. The molecule has 19 heavy (non-hydrogen) atoms. The van der Waals surface area contributed by atoms with E-state index in [4.69, 9.17) is 10.00 Å². The van der Waals surface area contributed by atoms with Gasteiger partial charge in [-0.25, -0.2) is 0 Å². The summed E-state index contributed by atoms with van der Waals surface area (Å²) in [6, 6.07) is 17.8. The number of benzene rings is 2. The summed E-state index contributed by atoms with van der Waals surface area (Å²) in [5, 5.41) is 9.97. The fraction of sp³-hybridized carbons (Fsp3) is 0.0625. The highest BCUT2D eigenvalue weighted by atomic mass is 16.5. The van der Waals surface area contributed by atoms with E-state index in [0.717, 1.165) is 22.3 Å². The summed E-state index contributed by atoms with van der Waals surface area (Å²) in [4.78, 5) is 0. The van der Waals surface area contributed by atoms with E-state index in [0.29, 0.717) is 5.56 Å². The quantitative estimate of drug-likeness (QED) is 0.696. The SMILES string of the molecule is COc1ccc(-n2ccc3cc(C#N)ccc32)cc1. The second-order valence-electron chi connectivity index (χ2n) is 4.27. The normalized spacial score (nSPS) is 10.3. The van der Waals surface area contributed by atoms with Crippen LogP contribution < -0.4 is 4.74 Å². The highest BCUT2D eigenvalue weighted by Crippen LogP contribution is 2.23. The Morgan fingerprint density at radius 3 is 2.53 bits per heavy atom. The van der Waals surface area contributed by atoms with Gasteiger partial charge in [-0.3, -0.25) is 0 Å². The van der Waals surface area contributed by atoms with Crippen molar-refractivity contribution in [3.63, 3.8) is 0 Å². The molecule has 3 nitrogen and oxygen atoms in total. The second-order valence-corrected chi connectivity index (χ2v) is 4.27. The monoisotopic (exact) mass is 248 g/mol. The summed E-state index contributed by atoms with van der Waals surface area (Å²) >= 11 is 0. The van der Waals surface area contributed by atoms with E-state index in [2.05, 4.69) is 10.6 Å². The molecule has 0 atom stereocenters. The molecule has 0 amide bonds. The maximum absolute atomic E-state index is 8.91. The Morgan fingerprint density at radius 1 is 1.05 bits per heavy atom. The van der Waals surface area contributed by atoms with E-state index in [1.165, 1.54) is 0 Å². The average Bonchev–Trinajstić information content (AvgIpc) is 2.90. The van der Waals surface area contributed by atoms with Gasteiger partial charge in [-0.1, -0.05) is 0 Å². The van der Waals surface area contributed by atoms with Gasteiger partial charge in [0.2, 0.25) is 0 Å². The molecule has 0 aliphatic carbocycles. The molecule has 0 spiro atoms. The smallest absolute Gasteiger partial charge is 0.119 e. The molecule has 0 aliphatic heterocycles. The van der Waals surface area contributed by atoms with E-state index in [9.17, 15) is 0 Å². The van der Waals surface area contributed by atoms with Gasteiger partial charge in [0.05, 0.1) is 24.3 Å². The molecule has 1 heterocycles. The zero-order valence-corrected chi connectivity index (χ0v) is 10.5. The standard InChI is InChI=1S/C16H12N2O/c1-19-15-5-3-14(4-6-15)18-9-8-13-10-12(11-17)2-7-16(13)18/h2-10H,1H3. The van der Waals surface area contributed by atoms with Crippen molar-refractivity contribution in [2.75, 3.05) is 7.11 Å². The van der Waals surface area contributed by atoms with Crippen molar-refractivity contribution in [2.24, 2.45) is 0 Å². The molecule has 92 valence electrons. The minimum absolute atomic E-state index is 0.681. The molecule has 1 aromatic heterocycles. The van der Waals surface area contributed by atoms with Crippen molar-refractivity contribution in [3.05, 3.63) is 60.3 Å². The molecule has 3 rings (SSSR count). The van der Waals surface area contributed by atoms with E-state index in [1.807, 2.05) is 54.7 Å². The Hall–Kier alpha value is -2.73. The predicted octanol–water partition coefficient (Wildman–Crippen LogP) is 3.51. The largest absolute Gasteiger partial charge is 0.497 e. The Morgan fingerprint density at radius 2 is 1.84 bits per heavy atom. The molecular formula is C16H12N2O. The zero-order valence-electron chi connectivity index (χ0n) is 10.5. The molecule has 2 aromatic carbocycles. The van der Waals surface area contributed by atoms with E-state index >= 15 is 0 Å². The summed E-state index contributed by atoms with van der Waals surface area (Å²) in [5.74, 6) is 0.840. The van der Waals surface area contributed by atoms with Gasteiger partial charge in [0, 0.05) is 17.3 Å². The third-order valence-corrected chi connectivity index (χ3v) is 3.17. The van der Waals surface area contributed by atoms with Crippen molar-refractivity contribution in [2.45, 2.75) is 0 Å². The van der Waals surface area contributed by atoms with Gasteiger partial charge >= 0.3 is 0 Å². The van der Waals surface area contributed by atoms with Crippen LogP contribution in [0.5, 0.6) is 5.75 Å². The third-order valence-electron chi connectivity index (χ3n) is 3.17. The van der Waals surface area contributed by atoms with Gasteiger partial charge in [-0.15, -0.1) is 0 Å². The van der Waals surface area contributed by atoms with E-state index in [1.54, 1.807) is 7.11 Å². The predicted molar refractivity (Wildman–Crippen MR) is 74.5 cm³/mol. The third kappa shape index (κ3) is 1.94. The summed E-state index contributed by atoms with van der Waals surface area (Å²) in [6.45, 7) is 0. The number of nitrogens with zero attached hydrogens (tertiary/aromatic N) is 2. The first-order valence-corrected chi connectivity index (χ1v) is 5.97. The summed E-state index contributed by atoms with van der Waals surface area (Å²) < 4.78 is 7.25. The molecule has 0 saturated heterocycles. The lowest BCUT2D eigenvalue weighted by Gasteiger charge is -2.06. The molecule has 0 unspecified atom stereocenters. The van der Waals surface area contributed by atoms with Gasteiger partial charge in [-0.2, -0.15) is 5.26 Å². The van der Waals surface area contributed by atoms with Crippen LogP contribution in [0.4, 0.5) is 0 Å². The number of aromatic nitrogens is 1. The lowest BCUT2D eigenvalue weighted by atomic mass is 10.2. The maximum Gasteiger partial charge on any atom is 0.119 e. The van der Waals surface area contributed by atoms with Crippen LogP contribution in [-0.4, -0.2) is 11.7 Å². The number of fused-ring (bicyclic) bond motifs is 1. The van der Waals surface area contributed by atoms with Crippen molar-refractivity contribution in [1.82, 2.24) is 4.57 Å². The molecule has 0 bridgehead atoms. The highest BCUT2D eigenvalue weighted by molar-refractivity contribution is 5.83. The van der Waals surface area contributed by atoms with Crippen LogP contribution in [0.15, 0.2) is 54.7 Å². The van der Waals surface area contributed by atoms with Crippen LogP contribution in [-0.2, 0) is 0 Å². The Balaban J connectivity index is 2.12. The summed E-state index contributed by atoms with van der Waals surface area (Å²) in [5.41, 5.74) is 2.84. The van der Waals surface area contributed by atoms with Gasteiger partial charge in [0.15, 0.2) is 0 Å². The first-order valence-electron chi connectivity index (χ1n) is 5.97. The van der Waals surface area contributed by atoms with Gasteiger partial charge < -0.3 is 9.30 Å². The summed E-state index contributed by atoms with van der Waals surface area (Å²) in [6.07, 6.45) is 2.01. The number of ether oxygens (including phenoxy) is 1. The fourth-order valence-corrected chi connectivity index (χ4v) is 2.18. The van der Waals surface area contributed by atoms with Crippen molar-refractivity contribution < 1.29 is 4.74 Å². The molecule has 0 N–H and O–H groups in total.